The molecule has 0 saturated carbocycles. The fourth-order valence-corrected chi connectivity index (χ4v) is 2.75. The summed E-state index contributed by atoms with van der Waals surface area (Å²) in [5.74, 6) is 1.05. The number of benzene rings is 1. The van der Waals surface area contributed by atoms with E-state index in [1.165, 1.54) is 12.1 Å². The second-order valence-corrected chi connectivity index (χ2v) is 6.22. The minimum Gasteiger partial charge on any atom is -0.463 e. The number of nitrogens with one attached hydrogen (secondary N) is 2. The van der Waals surface area contributed by atoms with Crippen LogP contribution in [0.15, 0.2) is 40.9 Å². The largest absolute Gasteiger partial charge is 0.463 e. The molecule has 0 fully saturated rings. The van der Waals surface area contributed by atoms with Crippen molar-refractivity contribution in [3.05, 3.63) is 59.4 Å². The number of aryl methyl sites for hydroxylation is 1. The van der Waals surface area contributed by atoms with Gasteiger partial charge in [0.1, 0.15) is 22.9 Å². The second-order valence-electron chi connectivity index (χ2n) is 6.22. The van der Waals surface area contributed by atoms with Crippen LogP contribution in [0.1, 0.15) is 37.0 Å². The summed E-state index contributed by atoms with van der Waals surface area (Å²) >= 11 is 0. The van der Waals surface area contributed by atoms with E-state index in [-0.39, 0.29) is 11.9 Å². The predicted molar refractivity (Wildman–Crippen MR) is 87.7 cm³/mol. The quantitative estimate of drug-likeness (QED) is 0.671. The number of fused-ring (bicyclic) bond motifs is 1. The SMILES string of the molecule is Cc1ccc(C(C)(O)CNC(C)c2c[nH]c3cc(F)ccc23)o1. The molecule has 0 saturated heterocycles. The lowest BCUT2D eigenvalue weighted by molar-refractivity contribution is 0.0313. The van der Waals surface area contributed by atoms with Crippen molar-refractivity contribution >= 4 is 10.9 Å². The van der Waals surface area contributed by atoms with Crippen molar-refractivity contribution < 1.29 is 13.9 Å². The van der Waals surface area contributed by atoms with Crippen molar-refractivity contribution in [1.82, 2.24) is 10.3 Å². The molecule has 2 aromatic heterocycles. The Bertz CT molecular complexity index is 819. The van der Waals surface area contributed by atoms with Crippen LogP contribution >= 0.6 is 0 Å². The van der Waals surface area contributed by atoms with Crippen molar-refractivity contribution in [2.45, 2.75) is 32.4 Å². The van der Waals surface area contributed by atoms with E-state index in [4.69, 9.17) is 4.42 Å². The Hall–Kier alpha value is -2.11. The van der Waals surface area contributed by atoms with Gasteiger partial charge < -0.3 is 19.8 Å². The Morgan fingerprint density at radius 3 is 2.83 bits per heavy atom. The van der Waals surface area contributed by atoms with Gasteiger partial charge in [-0.1, -0.05) is 0 Å². The van der Waals surface area contributed by atoms with Gasteiger partial charge in [0.25, 0.3) is 0 Å². The Balaban J connectivity index is 1.74. The Morgan fingerprint density at radius 1 is 1.35 bits per heavy atom. The highest BCUT2D eigenvalue weighted by atomic mass is 19.1. The summed E-state index contributed by atoms with van der Waals surface area (Å²) in [5, 5.41) is 14.9. The lowest BCUT2D eigenvalue weighted by Gasteiger charge is -2.24. The molecule has 5 heteroatoms. The van der Waals surface area contributed by atoms with E-state index in [9.17, 15) is 9.50 Å². The highest BCUT2D eigenvalue weighted by Crippen LogP contribution is 2.27. The summed E-state index contributed by atoms with van der Waals surface area (Å²) in [5.41, 5.74) is 0.703. The second kappa shape index (κ2) is 5.83. The molecule has 1 aromatic carbocycles. The monoisotopic (exact) mass is 316 g/mol. The molecule has 3 aromatic rings. The summed E-state index contributed by atoms with van der Waals surface area (Å²) in [6.45, 7) is 5.92. The average molecular weight is 316 g/mol. The average Bonchev–Trinajstić information content (AvgIpc) is 3.11. The standard InChI is InChI=1S/C18H21FN2O2/c1-11-4-7-17(23-11)18(3,22)10-21-12(2)15-9-20-16-8-13(19)5-6-14(15)16/h4-9,12,20-22H,10H2,1-3H3. The smallest absolute Gasteiger partial charge is 0.136 e. The van der Waals surface area contributed by atoms with Gasteiger partial charge in [-0.3, -0.25) is 0 Å². The number of furan rings is 1. The third-order valence-electron chi connectivity index (χ3n) is 4.17. The van der Waals surface area contributed by atoms with Crippen LogP contribution in [0.5, 0.6) is 0 Å². The van der Waals surface area contributed by atoms with Gasteiger partial charge in [-0.2, -0.15) is 0 Å². The molecule has 0 aliphatic rings. The molecule has 0 aliphatic heterocycles. The van der Waals surface area contributed by atoms with Crippen molar-refractivity contribution in [3.8, 4) is 0 Å². The number of halogens is 1. The fourth-order valence-electron chi connectivity index (χ4n) is 2.75. The first-order chi connectivity index (χ1) is 10.9. The molecule has 0 radical (unpaired) electrons. The van der Waals surface area contributed by atoms with E-state index in [1.807, 2.05) is 26.1 Å². The first-order valence-corrected chi connectivity index (χ1v) is 7.66. The molecule has 23 heavy (non-hydrogen) atoms. The van der Waals surface area contributed by atoms with Crippen LogP contribution in [-0.4, -0.2) is 16.6 Å². The van der Waals surface area contributed by atoms with Crippen LogP contribution in [-0.2, 0) is 5.60 Å². The minimum atomic E-state index is -1.10. The number of aromatic amines is 1. The number of H-pyrrole nitrogens is 1. The molecule has 2 unspecified atom stereocenters. The summed E-state index contributed by atoms with van der Waals surface area (Å²) < 4.78 is 18.8. The van der Waals surface area contributed by atoms with E-state index in [2.05, 4.69) is 10.3 Å². The number of rotatable bonds is 5. The van der Waals surface area contributed by atoms with Gasteiger partial charge in [0.05, 0.1) is 0 Å². The Morgan fingerprint density at radius 2 is 2.13 bits per heavy atom. The molecule has 0 aliphatic carbocycles. The number of aromatic nitrogens is 1. The molecular weight excluding hydrogens is 295 g/mol. The van der Waals surface area contributed by atoms with Gasteiger partial charge in [0.2, 0.25) is 0 Å². The van der Waals surface area contributed by atoms with Gasteiger partial charge in [-0.15, -0.1) is 0 Å². The van der Waals surface area contributed by atoms with Crippen molar-refractivity contribution in [1.29, 1.82) is 0 Å². The van der Waals surface area contributed by atoms with Crippen LogP contribution in [0.2, 0.25) is 0 Å². The molecule has 0 spiro atoms. The fraction of sp³-hybridized carbons (Fsp3) is 0.333. The maximum absolute atomic E-state index is 13.3. The lowest BCUT2D eigenvalue weighted by Crippen LogP contribution is -2.36. The van der Waals surface area contributed by atoms with E-state index in [0.29, 0.717) is 12.3 Å². The van der Waals surface area contributed by atoms with Crippen LogP contribution in [0, 0.1) is 12.7 Å². The summed E-state index contributed by atoms with van der Waals surface area (Å²) in [4.78, 5) is 3.08. The normalized spacial score (nSPS) is 15.7. The molecule has 0 amide bonds. The van der Waals surface area contributed by atoms with Gasteiger partial charge in [0, 0.05) is 29.7 Å². The third-order valence-corrected chi connectivity index (χ3v) is 4.17. The highest BCUT2D eigenvalue weighted by Gasteiger charge is 2.27. The van der Waals surface area contributed by atoms with Crippen molar-refractivity contribution in [2.24, 2.45) is 0 Å². The molecule has 2 heterocycles. The zero-order valence-corrected chi connectivity index (χ0v) is 13.5. The van der Waals surface area contributed by atoms with Crippen LogP contribution in [0.25, 0.3) is 10.9 Å². The van der Waals surface area contributed by atoms with Crippen LogP contribution in [0.4, 0.5) is 4.39 Å². The molecule has 0 bridgehead atoms. The maximum atomic E-state index is 13.3. The Kier molecular flexibility index (Phi) is 4.00. The third kappa shape index (κ3) is 3.16. The highest BCUT2D eigenvalue weighted by molar-refractivity contribution is 5.83. The molecule has 3 rings (SSSR count). The van der Waals surface area contributed by atoms with Gasteiger partial charge in [-0.05, 0) is 56.7 Å². The summed E-state index contributed by atoms with van der Waals surface area (Å²) in [7, 11) is 0. The van der Waals surface area contributed by atoms with Crippen LogP contribution < -0.4 is 5.32 Å². The van der Waals surface area contributed by atoms with E-state index in [1.54, 1.807) is 19.1 Å². The summed E-state index contributed by atoms with van der Waals surface area (Å²) in [6.07, 6.45) is 1.87. The van der Waals surface area contributed by atoms with E-state index in [0.717, 1.165) is 22.2 Å². The first-order valence-electron chi connectivity index (χ1n) is 7.66. The predicted octanol–water partition coefficient (Wildman–Crippen LogP) is 3.77. The molecule has 2 atom stereocenters. The maximum Gasteiger partial charge on any atom is 0.136 e. The number of hydrogen-bond acceptors (Lipinski definition) is 3. The topological polar surface area (TPSA) is 61.2 Å². The molecule has 122 valence electrons. The zero-order valence-electron chi connectivity index (χ0n) is 13.5. The zero-order chi connectivity index (χ0) is 16.6. The van der Waals surface area contributed by atoms with Gasteiger partial charge >= 0.3 is 0 Å². The van der Waals surface area contributed by atoms with Crippen molar-refractivity contribution in [2.75, 3.05) is 6.54 Å². The van der Waals surface area contributed by atoms with Gasteiger partial charge in [0.15, 0.2) is 0 Å². The van der Waals surface area contributed by atoms with Gasteiger partial charge in [-0.25, -0.2) is 4.39 Å². The number of hydrogen-bond donors (Lipinski definition) is 3. The van der Waals surface area contributed by atoms with E-state index < -0.39 is 5.60 Å². The Labute approximate surface area is 134 Å². The lowest BCUT2D eigenvalue weighted by atomic mass is 10.0. The molecule has 3 N–H and O–H groups in total. The number of aliphatic hydroxyl groups is 1. The first kappa shape index (κ1) is 15.8. The van der Waals surface area contributed by atoms with E-state index >= 15 is 0 Å². The molecular formula is C18H21FN2O2. The molecule has 4 nitrogen and oxygen atoms in total. The minimum absolute atomic E-state index is 0.00301. The van der Waals surface area contributed by atoms with Crippen LogP contribution in [0.3, 0.4) is 0 Å². The summed E-state index contributed by atoms with van der Waals surface area (Å²) in [6, 6.07) is 8.32. The van der Waals surface area contributed by atoms with Crippen molar-refractivity contribution in [3.63, 3.8) is 0 Å².